The number of hydrogen-bond acceptors (Lipinski definition) is 3. The molecular formula is C16H10BrClN2O. The molecule has 3 nitrogen and oxygen atoms in total. The fraction of sp³-hybridized carbons (Fsp3) is 0. The van der Waals surface area contributed by atoms with Crippen LogP contribution in [0.3, 0.4) is 0 Å². The van der Waals surface area contributed by atoms with E-state index in [0.717, 1.165) is 10.0 Å². The van der Waals surface area contributed by atoms with Gasteiger partial charge < -0.3 is 4.74 Å². The standard InChI is InChI=1S/C16H10BrClN2O/c17-12-8-4-5-9-13(12)21-15-10-14(18)19-16(20-15)11-6-2-1-3-7-11/h1-10H. The Balaban J connectivity index is 1.97. The van der Waals surface area contributed by atoms with E-state index >= 15 is 0 Å². The van der Waals surface area contributed by atoms with Crippen LogP contribution in [0.1, 0.15) is 0 Å². The summed E-state index contributed by atoms with van der Waals surface area (Å²) < 4.78 is 6.62. The summed E-state index contributed by atoms with van der Waals surface area (Å²) in [4.78, 5) is 8.63. The average molecular weight is 362 g/mol. The monoisotopic (exact) mass is 360 g/mol. The van der Waals surface area contributed by atoms with Gasteiger partial charge in [-0.3, -0.25) is 0 Å². The molecule has 0 amide bonds. The van der Waals surface area contributed by atoms with Crippen LogP contribution in [0.25, 0.3) is 11.4 Å². The molecule has 0 atom stereocenters. The zero-order valence-electron chi connectivity index (χ0n) is 10.8. The lowest BCUT2D eigenvalue weighted by atomic mass is 10.2. The molecule has 0 bridgehead atoms. The molecule has 3 rings (SSSR count). The third-order valence-corrected chi connectivity index (χ3v) is 3.60. The lowest BCUT2D eigenvalue weighted by Crippen LogP contribution is -1.94. The first-order valence-corrected chi connectivity index (χ1v) is 7.42. The molecule has 0 N–H and O–H groups in total. The van der Waals surface area contributed by atoms with Crippen molar-refractivity contribution in [1.82, 2.24) is 9.97 Å². The minimum atomic E-state index is 0.339. The van der Waals surface area contributed by atoms with Crippen LogP contribution < -0.4 is 4.74 Å². The number of rotatable bonds is 3. The van der Waals surface area contributed by atoms with E-state index in [2.05, 4.69) is 25.9 Å². The molecule has 3 aromatic rings. The minimum Gasteiger partial charge on any atom is -0.438 e. The first-order valence-electron chi connectivity index (χ1n) is 6.25. The molecule has 0 aliphatic carbocycles. The highest BCUT2D eigenvalue weighted by Gasteiger charge is 2.08. The molecule has 0 aliphatic rings. The molecule has 1 heterocycles. The average Bonchev–Trinajstić information content (AvgIpc) is 2.50. The van der Waals surface area contributed by atoms with E-state index in [1.165, 1.54) is 0 Å². The highest BCUT2D eigenvalue weighted by Crippen LogP contribution is 2.30. The number of aromatic nitrogens is 2. The van der Waals surface area contributed by atoms with Gasteiger partial charge in [0.2, 0.25) is 5.88 Å². The quantitative estimate of drug-likeness (QED) is 0.590. The fourth-order valence-electron chi connectivity index (χ4n) is 1.81. The number of ether oxygens (including phenoxy) is 1. The number of halogens is 2. The van der Waals surface area contributed by atoms with Gasteiger partial charge in [-0.05, 0) is 28.1 Å². The van der Waals surface area contributed by atoms with E-state index in [-0.39, 0.29) is 0 Å². The molecule has 0 saturated carbocycles. The van der Waals surface area contributed by atoms with Gasteiger partial charge in [-0.15, -0.1) is 0 Å². The Kier molecular flexibility index (Phi) is 4.18. The summed E-state index contributed by atoms with van der Waals surface area (Å²) in [5.74, 6) is 1.61. The third-order valence-electron chi connectivity index (χ3n) is 2.75. The predicted molar refractivity (Wildman–Crippen MR) is 86.7 cm³/mol. The van der Waals surface area contributed by atoms with Gasteiger partial charge in [-0.1, -0.05) is 54.1 Å². The minimum absolute atomic E-state index is 0.339. The van der Waals surface area contributed by atoms with E-state index in [1.807, 2.05) is 54.6 Å². The van der Waals surface area contributed by atoms with Crippen LogP contribution in [0.15, 0.2) is 65.1 Å². The van der Waals surface area contributed by atoms with Gasteiger partial charge >= 0.3 is 0 Å². The second-order valence-corrected chi connectivity index (χ2v) is 5.49. The van der Waals surface area contributed by atoms with Gasteiger partial charge in [0.1, 0.15) is 10.9 Å². The Labute approximate surface area is 135 Å². The molecule has 0 radical (unpaired) electrons. The van der Waals surface area contributed by atoms with Gasteiger partial charge in [0.15, 0.2) is 5.82 Å². The molecule has 0 saturated heterocycles. The fourth-order valence-corrected chi connectivity index (χ4v) is 2.34. The first-order chi connectivity index (χ1) is 10.2. The lowest BCUT2D eigenvalue weighted by Gasteiger charge is -2.08. The maximum absolute atomic E-state index is 6.06. The summed E-state index contributed by atoms with van der Waals surface area (Å²) in [6.45, 7) is 0. The van der Waals surface area contributed by atoms with E-state index in [0.29, 0.717) is 22.6 Å². The molecule has 0 unspecified atom stereocenters. The summed E-state index contributed by atoms with van der Waals surface area (Å²) in [6, 6.07) is 18.8. The van der Waals surface area contributed by atoms with Crippen LogP contribution in [0.2, 0.25) is 5.15 Å². The van der Waals surface area contributed by atoms with Crippen molar-refractivity contribution in [3.05, 3.63) is 70.3 Å². The molecule has 5 heteroatoms. The van der Waals surface area contributed by atoms with Crippen molar-refractivity contribution in [2.75, 3.05) is 0 Å². The van der Waals surface area contributed by atoms with Crippen LogP contribution in [0.5, 0.6) is 11.6 Å². The zero-order valence-corrected chi connectivity index (χ0v) is 13.2. The van der Waals surface area contributed by atoms with Gasteiger partial charge in [0.25, 0.3) is 0 Å². The zero-order chi connectivity index (χ0) is 14.7. The summed E-state index contributed by atoms with van der Waals surface area (Å²) in [7, 11) is 0. The first kappa shape index (κ1) is 14.0. The molecule has 104 valence electrons. The maximum Gasteiger partial charge on any atom is 0.224 e. The largest absolute Gasteiger partial charge is 0.438 e. The molecule has 2 aromatic carbocycles. The summed E-state index contributed by atoms with van der Waals surface area (Å²) >= 11 is 9.50. The Morgan fingerprint density at radius 3 is 2.38 bits per heavy atom. The highest BCUT2D eigenvalue weighted by molar-refractivity contribution is 9.10. The third kappa shape index (κ3) is 3.40. The number of benzene rings is 2. The smallest absolute Gasteiger partial charge is 0.224 e. The molecule has 21 heavy (non-hydrogen) atoms. The Hall–Kier alpha value is -1.91. The van der Waals surface area contributed by atoms with E-state index < -0.39 is 0 Å². The van der Waals surface area contributed by atoms with Crippen molar-refractivity contribution >= 4 is 27.5 Å². The van der Waals surface area contributed by atoms with Gasteiger partial charge in [0, 0.05) is 11.6 Å². The number of hydrogen-bond donors (Lipinski definition) is 0. The lowest BCUT2D eigenvalue weighted by molar-refractivity contribution is 0.459. The Bertz CT molecular complexity index is 765. The Morgan fingerprint density at radius 2 is 1.62 bits per heavy atom. The van der Waals surface area contributed by atoms with Crippen molar-refractivity contribution in [3.63, 3.8) is 0 Å². The Morgan fingerprint density at radius 1 is 0.905 bits per heavy atom. The molecule has 0 fully saturated rings. The van der Waals surface area contributed by atoms with Crippen LogP contribution in [0, 0.1) is 0 Å². The van der Waals surface area contributed by atoms with Crippen molar-refractivity contribution < 1.29 is 4.74 Å². The highest BCUT2D eigenvalue weighted by atomic mass is 79.9. The predicted octanol–water partition coefficient (Wildman–Crippen LogP) is 5.35. The molecular weight excluding hydrogens is 352 g/mol. The number of para-hydroxylation sites is 1. The molecule has 0 aliphatic heterocycles. The number of nitrogens with zero attached hydrogens (tertiary/aromatic N) is 2. The van der Waals surface area contributed by atoms with E-state index in [4.69, 9.17) is 16.3 Å². The molecule has 0 spiro atoms. The topological polar surface area (TPSA) is 35.0 Å². The second kappa shape index (κ2) is 6.24. The van der Waals surface area contributed by atoms with Crippen molar-refractivity contribution in [3.8, 4) is 23.0 Å². The van der Waals surface area contributed by atoms with Crippen molar-refractivity contribution in [1.29, 1.82) is 0 Å². The van der Waals surface area contributed by atoms with Gasteiger partial charge in [-0.2, -0.15) is 4.98 Å². The van der Waals surface area contributed by atoms with E-state index in [9.17, 15) is 0 Å². The summed E-state index contributed by atoms with van der Waals surface area (Å²) in [6.07, 6.45) is 0. The van der Waals surface area contributed by atoms with Crippen LogP contribution >= 0.6 is 27.5 Å². The van der Waals surface area contributed by atoms with Crippen molar-refractivity contribution in [2.24, 2.45) is 0 Å². The van der Waals surface area contributed by atoms with Crippen LogP contribution in [-0.4, -0.2) is 9.97 Å². The van der Waals surface area contributed by atoms with Gasteiger partial charge in [0.05, 0.1) is 4.47 Å². The maximum atomic E-state index is 6.06. The van der Waals surface area contributed by atoms with Gasteiger partial charge in [-0.25, -0.2) is 4.98 Å². The normalized spacial score (nSPS) is 10.4. The molecule has 1 aromatic heterocycles. The summed E-state index contributed by atoms with van der Waals surface area (Å²) in [5.41, 5.74) is 0.886. The van der Waals surface area contributed by atoms with Crippen LogP contribution in [-0.2, 0) is 0 Å². The van der Waals surface area contributed by atoms with Crippen LogP contribution in [0.4, 0.5) is 0 Å². The van der Waals surface area contributed by atoms with E-state index in [1.54, 1.807) is 6.07 Å². The summed E-state index contributed by atoms with van der Waals surface area (Å²) in [5, 5.41) is 0.339. The van der Waals surface area contributed by atoms with Crippen molar-refractivity contribution in [2.45, 2.75) is 0 Å². The SMILES string of the molecule is Clc1cc(Oc2ccccc2Br)nc(-c2ccccc2)n1. The second-order valence-electron chi connectivity index (χ2n) is 4.25.